The van der Waals surface area contributed by atoms with Crippen LogP contribution in [0.2, 0.25) is 0 Å². The Hall–Kier alpha value is -1.76. The van der Waals surface area contributed by atoms with Gasteiger partial charge < -0.3 is 20.0 Å². The van der Waals surface area contributed by atoms with Crippen molar-refractivity contribution in [3.05, 3.63) is 11.8 Å². The van der Waals surface area contributed by atoms with E-state index in [1.54, 1.807) is 4.90 Å². The summed E-state index contributed by atoms with van der Waals surface area (Å²) >= 11 is 0. The number of aromatic amines is 1. The second-order valence-electron chi connectivity index (χ2n) is 6.50. The van der Waals surface area contributed by atoms with Crippen molar-refractivity contribution in [2.24, 2.45) is 0 Å². The van der Waals surface area contributed by atoms with Gasteiger partial charge in [-0.3, -0.25) is 5.10 Å². The van der Waals surface area contributed by atoms with Gasteiger partial charge in [0.05, 0.1) is 0 Å². The van der Waals surface area contributed by atoms with Crippen molar-refractivity contribution >= 4 is 11.8 Å². The Bertz CT molecular complexity index is 524. The van der Waals surface area contributed by atoms with Crippen molar-refractivity contribution in [2.45, 2.75) is 25.7 Å². The van der Waals surface area contributed by atoms with E-state index in [0.717, 1.165) is 70.2 Å². The molecular formula is C16H28N6O. The first-order chi connectivity index (χ1) is 11.2. The Balaban J connectivity index is 1.64. The number of anilines is 1. The first kappa shape index (κ1) is 16.1. The number of rotatable bonds is 3. The molecule has 0 spiro atoms. The van der Waals surface area contributed by atoms with Gasteiger partial charge >= 0.3 is 6.03 Å². The van der Waals surface area contributed by atoms with E-state index in [0.29, 0.717) is 5.92 Å². The number of hydrogen-bond acceptors (Lipinski definition) is 4. The van der Waals surface area contributed by atoms with Gasteiger partial charge in [-0.25, -0.2) is 4.79 Å². The molecule has 7 nitrogen and oxygen atoms in total. The molecule has 0 aromatic carbocycles. The van der Waals surface area contributed by atoms with E-state index in [1.807, 2.05) is 18.9 Å². The minimum Gasteiger partial charge on any atom is -0.353 e. The van der Waals surface area contributed by atoms with Crippen molar-refractivity contribution in [3.63, 3.8) is 0 Å². The van der Waals surface area contributed by atoms with E-state index in [2.05, 4.69) is 26.5 Å². The lowest BCUT2D eigenvalue weighted by Gasteiger charge is -2.34. The highest BCUT2D eigenvalue weighted by atomic mass is 16.2. The summed E-state index contributed by atoms with van der Waals surface area (Å²) in [6.07, 6.45) is 2.17. The highest BCUT2D eigenvalue weighted by Gasteiger charge is 2.27. The highest BCUT2D eigenvalue weighted by Crippen LogP contribution is 2.28. The van der Waals surface area contributed by atoms with Crippen LogP contribution in [-0.4, -0.2) is 78.9 Å². The van der Waals surface area contributed by atoms with E-state index in [-0.39, 0.29) is 6.03 Å². The smallest absolute Gasteiger partial charge is 0.319 e. The summed E-state index contributed by atoms with van der Waals surface area (Å²) in [5.74, 6) is 1.40. The Morgan fingerprint density at radius 3 is 2.91 bits per heavy atom. The summed E-state index contributed by atoms with van der Waals surface area (Å²) in [5, 5.41) is 11.1. The third kappa shape index (κ3) is 3.60. The van der Waals surface area contributed by atoms with Crippen LogP contribution >= 0.6 is 0 Å². The maximum Gasteiger partial charge on any atom is 0.319 e. The van der Waals surface area contributed by atoms with Crippen LogP contribution in [0.3, 0.4) is 0 Å². The summed E-state index contributed by atoms with van der Waals surface area (Å²) in [6, 6.07) is 2.31. The number of amides is 2. The molecule has 2 saturated heterocycles. The van der Waals surface area contributed by atoms with Gasteiger partial charge in [0.1, 0.15) is 0 Å². The maximum absolute atomic E-state index is 12.4. The summed E-state index contributed by atoms with van der Waals surface area (Å²) in [7, 11) is 1.87. The van der Waals surface area contributed by atoms with E-state index >= 15 is 0 Å². The number of carbonyl (C=O) groups excluding carboxylic acids is 1. The van der Waals surface area contributed by atoms with Gasteiger partial charge in [0, 0.05) is 70.5 Å². The molecule has 2 aliphatic heterocycles. The van der Waals surface area contributed by atoms with E-state index in [9.17, 15) is 4.79 Å². The second-order valence-corrected chi connectivity index (χ2v) is 6.50. The summed E-state index contributed by atoms with van der Waals surface area (Å²) in [5.41, 5.74) is 1.16. The summed E-state index contributed by atoms with van der Waals surface area (Å²) in [4.78, 5) is 18.4. The maximum atomic E-state index is 12.4. The Morgan fingerprint density at radius 2 is 2.17 bits per heavy atom. The topological polar surface area (TPSA) is 67.5 Å². The van der Waals surface area contributed by atoms with Gasteiger partial charge in [-0.2, -0.15) is 5.10 Å². The van der Waals surface area contributed by atoms with Crippen LogP contribution in [0.5, 0.6) is 0 Å². The lowest BCUT2D eigenvalue weighted by molar-refractivity contribution is 0.148. The molecule has 1 aromatic rings. The lowest BCUT2D eigenvalue weighted by Crippen LogP contribution is -2.45. The number of carbonyl (C=O) groups is 1. The molecule has 0 aliphatic carbocycles. The number of nitrogens with one attached hydrogen (secondary N) is 2. The zero-order valence-corrected chi connectivity index (χ0v) is 14.2. The van der Waals surface area contributed by atoms with Gasteiger partial charge in [0.2, 0.25) is 0 Å². The lowest BCUT2D eigenvalue weighted by atomic mass is 9.95. The van der Waals surface area contributed by atoms with Crippen LogP contribution in [0.25, 0.3) is 0 Å². The molecule has 1 unspecified atom stereocenters. The van der Waals surface area contributed by atoms with Crippen molar-refractivity contribution in [1.82, 2.24) is 25.3 Å². The first-order valence-corrected chi connectivity index (χ1v) is 8.70. The molecule has 7 heteroatoms. The molecule has 2 aliphatic rings. The number of aromatic nitrogens is 2. The number of piperazine rings is 1. The van der Waals surface area contributed by atoms with Gasteiger partial charge in [-0.05, 0) is 19.8 Å². The van der Waals surface area contributed by atoms with Crippen molar-refractivity contribution in [3.8, 4) is 0 Å². The van der Waals surface area contributed by atoms with Gasteiger partial charge in [0.15, 0.2) is 5.82 Å². The highest BCUT2D eigenvalue weighted by molar-refractivity contribution is 5.74. The molecule has 0 saturated carbocycles. The van der Waals surface area contributed by atoms with Crippen LogP contribution in [0.1, 0.15) is 31.4 Å². The van der Waals surface area contributed by atoms with Crippen LogP contribution in [0.15, 0.2) is 6.07 Å². The SMILES string of the molecule is CCN(C)C(=O)N1CCCC(c2cc(N3CCNCC3)n[nH]2)C1. The molecule has 1 atom stereocenters. The fraction of sp³-hybridized carbons (Fsp3) is 0.750. The number of piperidine rings is 1. The normalized spacial score (nSPS) is 22.3. The first-order valence-electron chi connectivity index (χ1n) is 8.70. The Morgan fingerprint density at radius 1 is 1.39 bits per heavy atom. The van der Waals surface area contributed by atoms with E-state index in [4.69, 9.17) is 0 Å². The van der Waals surface area contributed by atoms with Crippen LogP contribution < -0.4 is 10.2 Å². The molecule has 2 amide bonds. The van der Waals surface area contributed by atoms with Gasteiger partial charge in [-0.15, -0.1) is 0 Å². The Kier molecular flexibility index (Phi) is 5.05. The molecule has 3 rings (SSSR count). The molecule has 2 fully saturated rings. The average molecular weight is 320 g/mol. The molecule has 1 aromatic heterocycles. The quantitative estimate of drug-likeness (QED) is 0.874. The number of nitrogens with zero attached hydrogens (tertiary/aromatic N) is 4. The molecule has 3 heterocycles. The van der Waals surface area contributed by atoms with Crippen molar-refractivity contribution in [2.75, 3.05) is 57.8 Å². The predicted molar refractivity (Wildman–Crippen MR) is 90.9 cm³/mol. The van der Waals surface area contributed by atoms with Gasteiger partial charge in [-0.1, -0.05) is 0 Å². The molecule has 23 heavy (non-hydrogen) atoms. The summed E-state index contributed by atoms with van der Waals surface area (Å²) < 4.78 is 0. The minimum absolute atomic E-state index is 0.138. The zero-order valence-electron chi connectivity index (χ0n) is 14.2. The van der Waals surface area contributed by atoms with Gasteiger partial charge in [0.25, 0.3) is 0 Å². The molecule has 2 N–H and O–H groups in total. The largest absolute Gasteiger partial charge is 0.353 e. The molecular weight excluding hydrogens is 292 g/mol. The second kappa shape index (κ2) is 7.21. The van der Waals surface area contributed by atoms with Crippen LogP contribution in [0.4, 0.5) is 10.6 Å². The monoisotopic (exact) mass is 320 g/mol. The number of H-pyrrole nitrogens is 1. The third-order valence-electron chi connectivity index (χ3n) is 4.96. The Labute approximate surface area is 138 Å². The average Bonchev–Trinajstić information content (AvgIpc) is 3.11. The summed E-state index contributed by atoms with van der Waals surface area (Å²) in [6.45, 7) is 8.42. The van der Waals surface area contributed by atoms with E-state index in [1.165, 1.54) is 0 Å². The van der Waals surface area contributed by atoms with Crippen LogP contribution in [0, 0.1) is 0 Å². The van der Waals surface area contributed by atoms with Crippen molar-refractivity contribution in [1.29, 1.82) is 0 Å². The number of likely N-dealkylation sites (tertiary alicyclic amines) is 1. The molecule has 128 valence electrons. The molecule has 0 bridgehead atoms. The standard InChI is InChI=1S/C16H28N6O/c1-3-20(2)16(23)22-8-4-5-13(12-22)14-11-15(19-18-14)21-9-6-17-7-10-21/h11,13,17H,3-10,12H2,1-2H3,(H,18,19). The third-order valence-corrected chi connectivity index (χ3v) is 4.96. The molecule has 0 radical (unpaired) electrons. The van der Waals surface area contributed by atoms with Crippen LogP contribution in [-0.2, 0) is 0 Å². The number of hydrogen-bond donors (Lipinski definition) is 2. The number of urea groups is 1. The fourth-order valence-electron chi connectivity index (χ4n) is 3.37. The fourth-order valence-corrected chi connectivity index (χ4v) is 3.37. The zero-order chi connectivity index (χ0) is 16.2. The predicted octanol–water partition coefficient (Wildman–Crippen LogP) is 1.07. The van der Waals surface area contributed by atoms with Crippen molar-refractivity contribution < 1.29 is 4.79 Å². The minimum atomic E-state index is 0.138. The van der Waals surface area contributed by atoms with E-state index < -0.39 is 0 Å².